The van der Waals surface area contributed by atoms with E-state index in [9.17, 15) is 4.79 Å². The first kappa shape index (κ1) is 15.6. The van der Waals surface area contributed by atoms with Gasteiger partial charge in [0.15, 0.2) is 0 Å². The van der Waals surface area contributed by atoms with E-state index >= 15 is 0 Å². The molecule has 4 nitrogen and oxygen atoms in total. The molecule has 0 radical (unpaired) electrons. The molecule has 0 saturated heterocycles. The lowest BCUT2D eigenvalue weighted by atomic mass is 10.1. The van der Waals surface area contributed by atoms with Crippen LogP contribution in [0.5, 0.6) is 0 Å². The average Bonchev–Trinajstić information content (AvgIpc) is 2.61. The molecule has 3 aromatic rings. The molecule has 1 aliphatic heterocycles. The topological polar surface area (TPSA) is 44.1 Å². The normalized spacial score (nSPS) is 16.2. The zero-order valence-corrected chi connectivity index (χ0v) is 14.2. The zero-order chi connectivity index (χ0) is 17.4. The highest BCUT2D eigenvalue weighted by molar-refractivity contribution is 5.79. The number of hydrogen-bond donors (Lipinski definition) is 0. The highest BCUT2D eigenvalue weighted by Crippen LogP contribution is 2.15. The Kier molecular flexibility index (Phi) is 3.87. The van der Waals surface area contributed by atoms with E-state index in [1.165, 1.54) is 5.56 Å². The molecule has 0 N–H and O–H groups in total. The van der Waals surface area contributed by atoms with Gasteiger partial charge in [0.2, 0.25) is 0 Å². The number of aryl methyl sites for hydroxylation is 1. The van der Waals surface area contributed by atoms with Crippen molar-refractivity contribution in [3.63, 3.8) is 0 Å². The van der Waals surface area contributed by atoms with Crippen molar-refractivity contribution in [1.29, 1.82) is 0 Å². The number of hydrogen-bond acceptors (Lipinski definition) is 3. The summed E-state index contributed by atoms with van der Waals surface area (Å²) in [5.74, 6) is 7.00. The van der Waals surface area contributed by atoms with Crippen molar-refractivity contribution in [3.05, 3.63) is 75.3 Å². The Morgan fingerprint density at radius 2 is 1.96 bits per heavy atom. The molecule has 124 valence electrons. The van der Waals surface area contributed by atoms with Crippen LogP contribution in [0.3, 0.4) is 0 Å². The van der Waals surface area contributed by atoms with Gasteiger partial charge in [0.1, 0.15) is 12.4 Å². The molecule has 25 heavy (non-hydrogen) atoms. The van der Waals surface area contributed by atoms with E-state index in [2.05, 4.69) is 16.8 Å². The van der Waals surface area contributed by atoms with Gasteiger partial charge < -0.3 is 4.74 Å². The Bertz CT molecular complexity index is 1090. The number of aromatic nitrogens is 2. The van der Waals surface area contributed by atoms with Crippen molar-refractivity contribution in [2.45, 2.75) is 33.1 Å². The molecule has 1 atom stereocenters. The van der Waals surface area contributed by atoms with Crippen LogP contribution in [-0.2, 0) is 17.9 Å². The fourth-order valence-corrected chi connectivity index (χ4v) is 3.04. The predicted molar refractivity (Wildman–Crippen MR) is 97.4 cm³/mol. The van der Waals surface area contributed by atoms with E-state index in [-0.39, 0.29) is 11.7 Å². The number of ether oxygens (including phenoxy) is 1. The first-order valence-corrected chi connectivity index (χ1v) is 8.34. The van der Waals surface area contributed by atoms with Gasteiger partial charge in [-0.15, -0.1) is 0 Å². The molecule has 2 heterocycles. The Hall–Kier alpha value is -2.90. The monoisotopic (exact) mass is 330 g/mol. The number of fused-ring (bicyclic) bond motifs is 2. The molecule has 0 fully saturated rings. The van der Waals surface area contributed by atoms with Gasteiger partial charge in [0.25, 0.3) is 5.56 Å². The second kappa shape index (κ2) is 6.19. The molecule has 0 saturated carbocycles. The molecule has 2 aromatic carbocycles. The van der Waals surface area contributed by atoms with Gasteiger partial charge in [-0.3, -0.25) is 9.36 Å². The molecule has 4 rings (SSSR count). The standard InChI is InChI=1S/C21H18N2O2/c1-14-4-3-5-16(10-14)6-7-17-8-9-18-19(11-17)22-20-13-25-15(2)12-23(20)21(18)24/h3-5,8-11,15H,12-13H2,1-2H3. The third-order valence-corrected chi connectivity index (χ3v) is 4.34. The fraction of sp³-hybridized carbons (Fsp3) is 0.238. The lowest BCUT2D eigenvalue weighted by molar-refractivity contribution is 0.0117. The Labute approximate surface area is 146 Å². The molecule has 0 aliphatic carbocycles. The molecule has 1 unspecified atom stereocenters. The third kappa shape index (κ3) is 3.07. The van der Waals surface area contributed by atoms with Crippen molar-refractivity contribution in [2.75, 3.05) is 0 Å². The first-order valence-electron chi connectivity index (χ1n) is 8.34. The number of rotatable bonds is 0. The van der Waals surface area contributed by atoms with Gasteiger partial charge in [-0.05, 0) is 49.7 Å². The van der Waals surface area contributed by atoms with Gasteiger partial charge in [-0.2, -0.15) is 0 Å². The van der Waals surface area contributed by atoms with Crippen molar-refractivity contribution < 1.29 is 4.74 Å². The molecule has 4 heteroatoms. The third-order valence-electron chi connectivity index (χ3n) is 4.34. The molecule has 0 spiro atoms. The summed E-state index contributed by atoms with van der Waals surface area (Å²) >= 11 is 0. The van der Waals surface area contributed by atoms with Crippen LogP contribution in [0.15, 0.2) is 47.3 Å². The predicted octanol–water partition coefficient (Wildman–Crippen LogP) is 3.02. The molecular weight excluding hydrogens is 312 g/mol. The summed E-state index contributed by atoms with van der Waals surface area (Å²) in [5, 5.41) is 0.624. The molecule has 0 bridgehead atoms. The maximum Gasteiger partial charge on any atom is 0.261 e. The fourth-order valence-electron chi connectivity index (χ4n) is 3.04. The van der Waals surface area contributed by atoms with Crippen LogP contribution in [0.2, 0.25) is 0 Å². The van der Waals surface area contributed by atoms with E-state index in [4.69, 9.17) is 4.74 Å². The van der Waals surface area contributed by atoms with Gasteiger partial charge in [-0.1, -0.05) is 24.0 Å². The summed E-state index contributed by atoms with van der Waals surface area (Å²) < 4.78 is 7.32. The molecule has 0 amide bonds. The van der Waals surface area contributed by atoms with Crippen LogP contribution in [0.1, 0.15) is 29.4 Å². The summed E-state index contributed by atoms with van der Waals surface area (Å²) in [6.45, 7) is 4.92. The minimum Gasteiger partial charge on any atom is -0.369 e. The van der Waals surface area contributed by atoms with Gasteiger partial charge in [0, 0.05) is 11.1 Å². The molecule has 1 aromatic heterocycles. The highest BCUT2D eigenvalue weighted by atomic mass is 16.5. The molecular formula is C21H18N2O2. The summed E-state index contributed by atoms with van der Waals surface area (Å²) in [4.78, 5) is 17.3. The van der Waals surface area contributed by atoms with Gasteiger partial charge >= 0.3 is 0 Å². The second-order valence-electron chi connectivity index (χ2n) is 6.42. The maximum atomic E-state index is 12.7. The van der Waals surface area contributed by atoms with Crippen molar-refractivity contribution >= 4 is 10.9 Å². The summed E-state index contributed by atoms with van der Waals surface area (Å²) in [7, 11) is 0. The van der Waals surface area contributed by atoms with Crippen LogP contribution < -0.4 is 5.56 Å². The zero-order valence-electron chi connectivity index (χ0n) is 14.2. The number of benzene rings is 2. The SMILES string of the molecule is Cc1cccc(C#Cc2ccc3c(=O)n4c(nc3c2)COC(C)C4)c1. The summed E-state index contributed by atoms with van der Waals surface area (Å²) in [6.07, 6.45) is 0.0314. The second-order valence-corrected chi connectivity index (χ2v) is 6.42. The molecule has 1 aliphatic rings. The highest BCUT2D eigenvalue weighted by Gasteiger charge is 2.19. The Morgan fingerprint density at radius 1 is 1.16 bits per heavy atom. The smallest absolute Gasteiger partial charge is 0.261 e. The van der Waals surface area contributed by atoms with E-state index in [0.29, 0.717) is 29.9 Å². The van der Waals surface area contributed by atoms with Crippen molar-refractivity contribution in [3.8, 4) is 11.8 Å². The minimum absolute atomic E-state index is 0.00616. The van der Waals surface area contributed by atoms with Crippen molar-refractivity contribution in [2.24, 2.45) is 0 Å². The largest absolute Gasteiger partial charge is 0.369 e. The van der Waals surface area contributed by atoms with E-state index in [1.54, 1.807) is 4.57 Å². The van der Waals surface area contributed by atoms with E-state index in [1.807, 2.05) is 56.3 Å². The number of nitrogens with zero attached hydrogens (tertiary/aromatic N) is 2. The van der Waals surface area contributed by atoms with Crippen LogP contribution >= 0.6 is 0 Å². The average molecular weight is 330 g/mol. The van der Waals surface area contributed by atoms with Gasteiger partial charge in [-0.25, -0.2) is 4.98 Å². The van der Waals surface area contributed by atoms with Crippen LogP contribution in [0.25, 0.3) is 10.9 Å². The van der Waals surface area contributed by atoms with Crippen molar-refractivity contribution in [1.82, 2.24) is 9.55 Å². The Morgan fingerprint density at radius 3 is 2.76 bits per heavy atom. The van der Waals surface area contributed by atoms with Crippen LogP contribution in [0.4, 0.5) is 0 Å². The van der Waals surface area contributed by atoms with Crippen LogP contribution in [-0.4, -0.2) is 15.7 Å². The lowest BCUT2D eigenvalue weighted by Gasteiger charge is -2.23. The Balaban J connectivity index is 1.77. The van der Waals surface area contributed by atoms with E-state index < -0.39 is 0 Å². The summed E-state index contributed by atoms with van der Waals surface area (Å²) in [6, 6.07) is 13.6. The first-order chi connectivity index (χ1) is 12.1. The quantitative estimate of drug-likeness (QED) is 0.595. The van der Waals surface area contributed by atoms with Crippen LogP contribution in [0, 0.1) is 18.8 Å². The lowest BCUT2D eigenvalue weighted by Crippen LogP contribution is -2.35. The van der Waals surface area contributed by atoms with E-state index in [0.717, 1.165) is 11.1 Å². The minimum atomic E-state index is -0.00616. The maximum absolute atomic E-state index is 12.7. The summed E-state index contributed by atoms with van der Waals surface area (Å²) in [5.41, 5.74) is 3.66. The van der Waals surface area contributed by atoms with Gasteiger partial charge in [0.05, 0.1) is 23.6 Å².